The number of rotatable bonds is 7. The summed E-state index contributed by atoms with van der Waals surface area (Å²) in [5.74, 6) is 0.857. The first kappa shape index (κ1) is 21.9. The number of hydrogen-bond acceptors (Lipinski definition) is 4. The van der Waals surface area contributed by atoms with Crippen LogP contribution in [0.15, 0.2) is 4.99 Å². The summed E-state index contributed by atoms with van der Waals surface area (Å²) in [7, 11) is 1.82. The second-order valence-electron chi connectivity index (χ2n) is 6.86. The maximum Gasteiger partial charge on any atom is 0.191 e. The average molecular weight is 454 g/mol. The van der Waals surface area contributed by atoms with E-state index in [4.69, 9.17) is 4.74 Å². The first-order valence-electron chi connectivity index (χ1n) is 9.10. The molecule has 142 valence electrons. The van der Waals surface area contributed by atoms with Crippen LogP contribution in [0, 0.1) is 5.41 Å². The molecule has 0 aromatic rings. The van der Waals surface area contributed by atoms with Crippen molar-refractivity contribution in [1.82, 2.24) is 15.5 Å². The molecule has 24 heavy (non-hydrogen) atoms. The Bertz CT molecular complexity index is 376. The molecule has 0 amide bonds. The average Bonchev–Trinajstić information content (AvgIpc) is 3.04. The first-order chi connectivity index (χ1) is 11.2. The van der Waals surface area contributed by atoms with Gasteiger partial charge in [-0.25, -0.2) is 0 Å². The predicted octanol–water partition coefficient (Wildman–Crippen LogP) is 1.43. The second kappa shape index (κ2) is 11.5. The van der Waals surface area contributed by atoms with Gasteiger partial charge in [0.25, 0.3) is 0 Å². The highest BCUT2D eigenvalue weighted by molar-refractivity contribution is 14.0. The number of likely N-dealkylation sites (tertiary alicyclic amines) is 1. The van der Waals surface area contributed by atoms with E-state index in [1.54, 1.807) is 0 Å². The van der Waals surface area contributed by atoms with E-state index >= 15 is 0 Å². The molecule has 2 saturated heterocycles. The van der Waals surface area contributed by atoms with Crippen LogP contribution in [-0.2, 0) is 4.74 Å². The zero-order valence-electron chi connectivity index (χ0n) is 15.2. The van der Waals surface area contributed by atoms with Gasteiger partial charge in [-0.15, -0.1) is 24.0 Å². The van der Waals surface area contributed by atoms with Gasteiger partial charge in [-0.05, 0) is 38.8 Å². The highest BCUT2D eigenvalue weighted by atomic mass is 127. The largest absolute Gasteiger partial charge is 0.396 e. The zero-order chi connectivity index (χ0) is 16.5. The molecule has 2 unspecified atom stereocenters. The maximum absolute atomic E-state index is 9.31. The summed E-state index contributed by atoms with van der Waals surface area (Å²) < 4.78 is 5.54. The maximum atomic E-state index is 9.31. The lowest BCUT2D eigenvalue weighted by atomic mass is 9.84. The molecule has 3 N–H and O–H groups in total. The van der Waals surface area contributed by atoms with E-state index in [-0.39, 0.29) is 36.0 Å². The molecule has 7 heteroatoms. The molecule has 2 heterocycles. The Kier molecular flexibility index (Phi) is 10.5. The lowest BCUT2D eigenvalue weighted by Crippen LogP contribution is -2.50. The molecule has 2 aliphatic rings. The van der Waals surface area contributed by atoms with Crippen LogP contribution in [0.5, 0.6) is 0 Å². The number of nitrogens with one attached hydrogen (secondary N) is 2. The van der Waals surface area contributed by atoms with Crippen molar-refractivity contribution in [1.29, 1.82) is 0 Å². The lowest BCUT2D eigenvalue weighted by molar-refractivity contribution is 0.127. The van der Waals surface area contributed by atoms with Gasteiger partial charge in [0.05, 0.1) is 6.61 Å². The number of ether oxygens (including phenoxy) is 1. The minimum absolute atomic E-state index is 0. The number of guanidine groups is 1. The normalized spacial score (nSPS) is 28.5. The molecular formula is C17H35IN4O2. The van der Waals surface area contributed by atoms with Gasteiger partial charge in [0, 0.05) is 44.8 Å². The Hall–Kier alpha value is -0.120. The van der Waals surface area contributed by atoms with Crippen molar-refractivity contribution in [3.63, 3.8) is 0 Å². The van der Waals surface area contributed by atoms with Crippen LogP contribution in [-0.4, -0.2) is 75.1 Å². The van der Waals surface area contributed by atoms with Crippen LogP contribution < -0.4 is 10.6 Å². The third kappa shape index (κ3) is 6.31. The summed E-state index contributed by atoms with van der Waals surface area (Å²) in [6.45, 7) is 8.05. The van der Waals surface area contributed by atoms with E-state index in [9.17, 15) is 5.11 Å². The molecule has 0 aromatic carbocycles. The van der Waals surface area contributed by atoms with Crippen LogP contribution in [0.1, 0.15) is 39.0 Å². The standard InChI is InChI=1S/C17H34N4O2.HI/c1-3-21-9-5-4-6-15(21)12-19-16(18-2)20-13-17(7-10-22)8-11-23-14-17;/h15,22H,3-14H2,1-2H3,(H2,18,19,20);1H. The van der Waals surface area contributed by atoms with E-state index in [0.29, 0.717) is 6.04 Å². The molecule has 2 aliphatic heterocycles. The second-order valence-corrected chi connectivity index (χ2v) is 6.86. The number of piperidine rings is 1. The first-order valence-corrected chi connectivity index (χ1v) is 9.10. The van der Waals surface area contributed by atoms with Gasteiger partial charge in [0.2, 0.25) is 0 Å². The molecule has 0 aliphatic carbocycles. The Balaban J connectivity index is 0.00000288. The van der Waals surface area contributed by atoms with Gasteiger partial charge in [0.15, 0.2) is 5.96 Å². The summed E-state index contributed by atoms with van der Waals surface area (Å²) in [6.07, 6.45) is 5.69. The van der Waals surface area contributed by atoms with Crippen molar-refractivity contribution in [3.05, 3.63) is 0 Å². The third-order valence-electron chi connectivity index (χ3n) is 5.34. The number of aliphatic imine (C=N–C) groups is 1. The molecule has 0 radical (unpaired) electrons. The van der Waals surface area contributed by atoms with Crippen LogP contribution in [0.3, 0.4) is 0 Å². The topological polar surface area (TPSA) is 69.1 Å². The Morgan fingerprint density at radius 3 is 2.83 bits per heavy atom. The summed E-state index contributed by atoms with van der Waals surface area (Å²) >= 11 is 0. The number of nitrogens with zero attached hydrogens (tertiary/aromatic N) is 2. The SMILES string of the molecule is CCN1CCCCC1CNC(=NC)NCC1(CCO)CCOC1.I. The van der Waals surface area contributed by atoms with Crippen molar-refractivity contribution in [2.24, 2.45) is 10.4 Å². The van der Waals surface area contributed by atoms with Gasteiger partial charge in [-0.3, -0.25) is 9.89 Å². The Morgan fingerprint density at radius 2 is 2.21 bits per heavy atom. The van der Waals surface area contributed by atoms with E-state index < -0.39 is 0 Å². The van der Waals surface area contributed by atoms with Gasteiger partial charge in [-0.1, -0.05) is 13.3 Å². The Morgan fingerprint density at radius 1 is 1.38 bits per heavy atom. The van der Waals surface area contributed by atoms with Crippen molar-refractivity contribution < 1.29 is 9.84 Å². The van der Waals surface area contributed by atoms with Crippen LogP contribution in [0.2, 0.25) is 0 Å². The quantitative estimate of drug-likeness (QED) is 0.309. The van der Waals surface area contributed by atoms with E-state index in [1.807, 2.05) is 7.05 Å². The fourth-order valence-corrected chi connectivity index (χ4v) is 3.73. The number of halogens is 1. The zero-order valence-corrected chi connectivity index (χ0v) is 17.6. The van der Waals surface area contributed by atoms with Gasteiger partial charge < -0.3 is 20.5 Å². The van der Waals surface area contributed by atoms with Gasteiger partial charge >= 0.3 is 0 Å². The molecule has 0 bridgehead atoms. The van der Waals surface area contributed by atoms with Gasteiger partial charge in [-0.2, -0.15) is 0 Å². The van der Waals surface area contributed by atoms with E-state index in [0.717, 1.165) is 51.6 Å². The predicted molar refractivity (Wildman–Crippen MR) is 109 cm³/mol. The van der Waals surface area contributed by atoms with Crippen LogP contribution in [0.4, 0.5) is 0 Å². The minimum atomic E-state index is 0. The number of aliphatic hydroxyl groups excluding tert-OH is 1. The molecule has 0 aromatic heterocycles. The number of likely N-dealkylation sites (N-methyl/N-ethyl adjacent to an activating group) is 1. The summed E-state index contributed by atoms with van der Waals surface area (Å²) in [4.78, 5) is 6.91. The van der Waals surface area contributed by atoms with E-state index in [2.05, 4.69) is 27.4 Å². The monoisotopic (exact) mass is 454 g/mol. The fourth-order valence-electron chi connectivity index (χ4n) is 3.73. The van der Waals surface area contributed by atoms with Crippen molar-refractivity contribution in [2.75, 3.05) is 53.0 Å². The van der Waals surface area contributed by atoms with Gasteiger partial charge in [0.1, 0.15) is 0 Å². The van der Waals surface area contributed by atoms with Crippen LogP contribution >= 0.6 is 24.0 Å². The third-order valence-corrected chi connectivity index (χ3v) is 5.34. The number of hydrogen-bond donors (Lipinski definition) is 3. The molecule has 2 rings (SSSR count). The summed E-state index contributed by atoms with van der Waals surface area (Å²) in [5.41, 5.74) is 0.0483. The molecule has 0 spiro atoms. The van der Waals surface area contributed by atoms with Crippen molar-refractivity contribution in [2.45, 2.75) is 45.1 Å². The highest BCUT2D eigenvalue weighted by Crippen LogP contribution is 2.31. The minimum Gasteiger partial charge on any atom is -0.396 e. The molecule has 2 atom stereocenters. The van der Waals surface area contributed by atoms with E-state index in [1.165, 1.54) is 25.8 Å². The Labute approximate surface area is 163 Å². The molecule has 0 saturated carbocycles. The fraction of sp³-hybridized carbons (Fsp3) is 0.941. The molecule has 6 nitrogen and oxygen atoms in total. The van der Waals surface area contributed by atoms with Crippen LogP contribution in [0.25, 0.3) is 0 Å². The summed E-state index contributed by atoms with van der Waals surface area (Å²) in [5, 5.41) is 16.2. The lowest BCUT2D eigenvalue weighted by Gasteiger charge is -2.35. The molecule has 2 fully saturated rings. The molecular weight excluding hydrogens is 419 g/mol. The number of aliphatic hydroxyl groups is 1. The van der Waals surface area contributed by atoms with Crippen molar-refractivity contribution >= 4 is 29.9 Å². The van der Waals surface area contributed by atoms with Crippen molar-refractivity contribution in [3.8, 4) is 0 Å². The smallest absolute Gasteiger partial charge is 0.191 e. The summed E-state index contributed by atoms with van der Waals surface area (Å²) in [6, 6.07) is 0.605. The highest BCUT2D eigenvalue weighted by Gasteiger charge is 2.34.